The van der Waals surface area contributed by atoms with E-state index in [4.69, 9.17) is 11.6 Å². The summed E-state index contributed by atoms with van der Waals surface area (Å²) in [5.41, 5.74) is 1.08. The Morgan fingerprint density at radius 3 is 2.64 bits per heavy atom. The van der Waals surface area contributed by atoms with E-state index in [0.29, 0.717) is 22.0 Å². The highest BCUT2D eigenvalue weighted by Crippen LogP contribution is 2.23. The van der Waals surface area contributed by atoms with Gasteiger partial charge in [0.2, 0.25) is 5.91 Å². The van der Waals surface area contributed by atoms with E-state index in [1.807, 2.05) is 6.07 Å². The number of halogens is 2. The number of nitrogens with zero attached hydrogens (tertiary/aromatic N) is 2. The normalized spacial score (nSPS) is 12.0. The van der Waals surface area contributed by atoms with E-state index in [9.17, 15) is 9.18 Å². The molecule has 0 unspecified atom stereocenters. The molecule has 6 heteroatoms. The fraction of sp³-hybridized carbons (Fsp3) is 0.158. The highest BCUT2D eigenvalue weighted by atomic mass is 35.5. The summed E-state index contributed by atoms with van der Waals surface area (Å²) in [5, 5.41) is 3.40. The number of carbonyl (C=O) groups excluding carboxylic acids is 1. The molecule has 0 saturated carbocycles. The van der Waals surface area contributed by atoms with Gasteiger partial charge in [0.15, 0.2) is 0 Å². The maximum atomic E-state index is 14.3. The maximum absolute atomic E-state index is 14.3. The van der Waals surface area contributed by atoms with Crippen molar-refractivity contribution in [3.63, 3.8) is 0 Å². The van der Waals surface area contributed by atoms with Crippen molar-refractivity contribution in [3.05, 3.63) is 88.7 Å². The van der Waals surface area contributed by atoms with E-state index >= 15 is 0 Å². The molecular weight excluding hydrogens is 341 g/mol. The van der Waals surface area contributed by atoms with Crippen LogP contribution in [0.2, 0.25) is 5.02 Å². The molecule has 1 atom stereocenters. The molecule has 0 saturated heterocycles. The first-order chi connectivity index (χ1) is 12.1. The molecule has 0 aliphatic rings. The predicted molar refractivity (Wildman–Crippen MR) is 94.7 cm³/mol. The number of hydrogen-bond donors (Lipinski definition) is 1. The number of aromatic nitrogens is 2. The van der Waals surface area contributed by atoms with Gasteiger partial charge in [0.1, 0.15) is 17.7 Å². The van der Waals surface area contributed by atoms with Crippen molar-refractivity contribution in [1.82, 2.24) is 14.9 Å². The summed E-state index contributed by atoms with van der Waals surface area (Å²) in [6.45, 7) is 0. The van der Waals surface area contributed by atoms with Crippen molar-refractivity contribution < 1.29 is 9.18 Å². The molecule has 0 bridgehead atoms. The summed E-state index contributed by atoms with van der Waals surface area (Å²) in [7, 11) is 1.80. The van der Waals surface area contributed by atoms with Crippen LogP contribution < -0.4 is 5.32 Å². The average Bonchev–Trinajstić information content (AvgIpc) is 3.01. The van der Waals surface area contributed by atoms with Crippen LogP contribution in [0, 0.1) is 5.82 Å². The fourth-order valence-corrected chi connectivity index (χ4v) is 2.88. The smallest absolute Gasteiger partial charge is 0.225 e. The van der Waals surface area contributed by atoms with E-state index in [-0.39, 0.29) is 12.3 Å². The number of imidazole rings is 1. The number of carbonyl (C=O) groups is 1. The number of amides is 1. The van der Waals surface area contributed by atoms with Gasteiger partial charge in [0.05, 0.1) is 6.42 Å². The van der Waals surface area contributed by atoms with Gasteiger partial charge in [-0.3, -0.25) is 4.79 Å². The highest BCUT2D eigenvalue weighted by Gasteiger charge is 2.23. The van der Waals surface area contributed by atoms with Crippen LogP contribution in [-0.4, -0.2) is 15.5 Å². The Hall–Kier alpha value is -2.66. The Labute approximate surface area is 150 Å². The molecule has 1 aromatic heterocycles. The molecular formula is C19H17ClFN3O. The Bertz CT molecular complexity index is 894. The zero-order valence-electron chi connectivity index (χ0n) is 13.6. The number of benzene rings is 2. The lowest BCUT2D eigenvalue weighted by Crippen LogP contribution is -2.32. The molecule has 0 fully saturated rings. The van der Waals surface area contributed by atoms with Gasteiger partial charge in [-0.2, -0.15) is 0 Å². The van der Waals surface area contributed by atoms with Crippen molar-refractivity contribution in [2.75, 3.05) is 0 Å². The van der Waals surface area contributed by atoms with Crippen molar-refractivity contribution in [3.8, 4) is 0 Å². The zero-order valence-corrected chi connectivity index (χ0v) is 14.4. The van der Waals surface area contributed by atoms with Gasteiger partial charge in [-0.15, -0.1) is 0 Å². The van der Waals surface area contributed by atoms with Crippen LogP contribution in [0.1, 0.15) is 23.0 Å². The Balaban J connectivity index is 1.88. The third kappa shape index (κ3) is 3.88. The fourth-order valence-electron chi connectivity index (χ4n) is 2.67. The predicted octanol–water partition coefficient (Wildman–Crippen LogP) is 3.66. The summed E-state index contributed by atoms with van der Waals surface area (Å²) in [4.78, 5) is 16.8. The molecule has 25 heavy (non-hydrogen) atoms. The third-order valence-electron chi connectivity index (χ3n) is 3.95. The molecule has 0 aliphatic heterocycles. The minimum absolute atomic E-state index is 0.106. The molecule has 4 nitrogen and oxygen atoms in total. The van der Waals surface area contributed by atoms with Crippen LogP contribution in [0.15, 0.2) is 60.9 Å². The first-order valence-electron chi connectivity index (χ1n) is 7.80. The van der Waals surface area contributed by atoms with E-state index in [1.54, 1.807) is 60.4 Å². The van der Waals surface area contributed by atoms with Gasteiger partial charge >= 0.3 is 0 Å². The molecule has 0 aliphatic carbocycles. The second kappa shape index (κ2) is 7.49. The van der Waals surface area contributed by atoms with Crippen molar-refractivity contribution in [2.24, 2.45) is 7.05 Å². The van der Waals surface area contributed by atoms with E-state index in [2.05, 4.69) is 10.3 Å². The lowest BCUT2D eigenvalue weighted by molar-refractivity contribution is -0.121. The number of hydrogen-bond acceptors (Lipinski definition) is 2. The molecule has 1 amide bonds. The molecule has 2 aromatic carbocycles. The summed E-state index contributed by atoms with van der Waals surface area (Å²) in [5.74, 6) is -0.101. The van der Waals surface area contributed by atoms with Crippen LogP contribution in [0.25, 0.3) is 0 Å². The Morgan fingerprint density at radius 2 is 1.96 bits per heavy atom. The Morgan fingerprint density at radius 1 is 1.24 bits per heavy atom. The first kappa shape index (κ1) is 17.2. The van der Waals surface area contributed by atoms with Gasteiger partial charge in [-0.05, 0) is 17.7 Å². The summed E-state index contributed by atoms with van der Waals surface area (Å²) in [6.07, 6.45) is 3.47. The topological polar surface area (TPSA) is 46.9 Å². The van der Waals surface area contributed by atoms with Crippen molar-refractivity contribution in [1.29, 1.82) is 0 Å². The highest BCUT2D eigenvalue weighted by molar-refractivity contribution is 6.31. The van der Waals surface area contributed by atoms with E-state index in [0.717, 1.165) is 0 Å². The van der Waals surface area contributed by atoms with Gasteiger partial charge in [0, 0.05) is 30.0 Å². The molecule has 1 heterocycles. The van der Waals surface area contributed by atoms with E-state index in [1.165, 1.54) is 6.07 Å². The zero-order chi connectivity index (χ0) is 17.8. The second-order valence-corrected chi connectivity index (χ2v) is 6.09. The molecule has 128 valence electrons. The van der Waals surface area contributed by atoms with Crippen molar-refractivity contribution in [2.45, 2.75) is 12.5 Å². The van der Waals surface area contributed by atoms with Crippen LogP contribution in [0.4, 0.5) is 4.39 Å². The minimum Gasteiger partial charge on any atom is -0.342 e. The summed E-state index contributed by atoms with van der Waals surface area (Å²) in [6, 6.07) is 12.8. The van der Waals surface area contributed by atoms with Crippen LogP contribution in [0.5, 0.6) is 0 Å². The molecule has 0 radical (unpaired) electrons. The van der Waals surface area contributed by atoms with Gasteiger partial charge < -0.3 is 9.88 Å². The molecule has 3 rings (SSSR count). The standard InChI is InChI=1S/C19H17ClFN3O/c1-24-11-10-22-19(24)18(14-7-3-5-9-16(14)21)23-17(25)12-13-6-2-4-8-15(13)20/h2-11,18H,12H2,1H3,(H,23,25)/t18-/m1/s1. The van der Waals surface area contributed by atoms with E-state index < -0.39 is 11.9 Å². The minimum atomic E-state index is -0.684. The third-order valence-corrected chi connectivity index (χ3v) is 4.32. The van der Waals surface area contributed by atoms with Gasteiger partial charge in [-0.1, -0.05) is 48.0 Å². The molecule has 0 spiro atoms. The lowest BCUT2D eigenvalue weighted by Gasteiger charge is -2.20. The monoisotopic (exact) mass is 357 g/mol. The van der Waals surface area contributed by atoms with Crippen LogP contribution >= 0.6 is 11.6 Å². The lowest BCUT2D eigenvalue weighted by atomic mass is 10.0. The number of nitrogens with one attached hydrogen (secondary N) is 1. The molecule has 3 aromatic rings. The van der Waals surface area contributed by atoms with Crippen LogP contribution in [0.3, 0.4) is 0 Å². The number of aryl methyl sites for hydroxylation is 1. The van der Waals surface area contributed by atoms with Crippen molar-refractivity contribution >= 4 is 17.5 Å². The van der Waals surface area contributed by atoms with Gasteiger partial charge in [-0.25, -0.2) is 9.37 Å². The maximum Gasteiger partial charge on any atom is 0.225 e. The number of rotatable bonds is 5. The second-order valence-electron chi connectivity index (χ2n) is 5.69. The SMILES string of the molecule is Cn1ccnc1[C@H](NC(=O)Cc1ccccc1Cl)c1ccccc1F. The average molecular weight is 358 g/mol. The molecule has 1 N–H and O–H groups in total. The van der Waals surface area contributed by atoms with Crippen LogP contribution in [-0.2, 0) is 18.3 Å². The summed E-state index contributed by atoms with van der Waals surface area (Å²) < 4.78 is 16.1. The van der Waals surface area contributed by atoms with Gasteiger partial charge in [0.25, 0.3) is 0 Å². The quantitative estimate of drug-likeness (QED) is 0.757. The first-order valence-corrected chi connectivity index (χ1v) is 8.18. The Kier molecular flexibility index (Phi) is 5.14. The summed E-state index contributed by atoms with van der Waals surface area (Å²) >= 11 is 6.12. The largest absolute Gasteiger partial charge is 0.342 e.